The minimum Gasteiger partial charge on any atom is -0.356 e. The summed E-state index contributed by atoms with van der Waals surface area (Å²) in [7, 11) is 0. The predicted molar refractivity (Wildman–Crippen MR) is 101 cm³/mol. The Bertz CT molecular complexity index is 819. The van der Waals surface area contributed by atoms with Gasteiger partial charge in [-0.1, -0.05) is 0 Å². The Morgan fingerprint density at radius 1 is 1.24 bits per heavy atom. The van der Waals surface area contributed by atoms with E-state index in [1.807, 2.05) is 11.7 Å². The van der Waals surface area contributed by atoms with Crippen LogP contribution in [-0.4, -0.2) is 32.6 Å². The van der Waals surface area contributed by atoms with E-state index in [0.717, 1.165) is 36.8 Å². The zero-order chi connectivity index (χ0) is 17.2. The Morgan fingerprint density at radius 2 is 2.16 bits per heavy atom. The molecule has 1 saturated heterocycles. The Hall–Kier alpha value is -2.21. The zero-order valence-electron chi connectivity index (χ0n) is 14.7. The highest BCUT2D eigenvalue weighted by molar-refractivity contribution is 7.07. The summed E-state index contributed by atoms with van der Waals surface area (Å²) >= 11 is 1.64. The van der Waals surface area contributed by atoms with Gasteiger partial charge < -0.3 is 9.47 Å². The molecule has 6 heteroatoms. The van der Waals surface area contributed by atoms with Crippen molar-refractivity contribution in [2.24, 2.45) is 0 Å². The van der Waals surface area contributed by atoms with Gasteiger partial charge in [-0.25, -0.2) is 15.0 Å². The van der Waals surface area contributed by atoms with Gasteiger partial charge in [-0.15, -0.1) is 11.3 Å². The summed E-state index contributed by atoms with van der Waals surface area (Å²) in [4.78, 5) is 16.2. The smallest absolute Gasteiger partial charge is 0.129 e. The number of hydrogen-bond acceptors (Lipinski definition) is 5. The molecule has 1 aliphatic heterocycles. The maximum Gasteiger partial charge on any atom is 0.129 e. The normalized spacial score (nSPS) is 17.8. The Labute approximate surface area is 152 Å². The van der Waals surface area contributed by atoms with Gasteiger partial charge in [-0.2, -0.15) is 0 Å². The third kappa shape index (κ3) is 3.58. The van der Waals surface area contributed by atoms with Gasteiger partial charge in [0, 0.05) is 42.5 Å². The number of rotatable bonds is 4. The molecule has 0 spiro atoms. The van der Waals surface area contributed by atoms with Gasteiger partial charge in [0.1, 0.15) is 11.6 Å². The number of thiazole rings is 1. The molecule has 25 heavy (non-hydrogen) atoms. The molecule has 4 rings (SSSR count). The lowest BCUT2D eigenvalue weighted by atomic mass is 9.97. The third-order valence-corrected chi connectivity index (χ3v) is 5.39. The van der Waals surface area contributed by atoms with Crippen molar-refractivity contribution in [3.8, 4) is 0 Å². The highest BCUT2D eigenvalue weighted by Crippen LogP contribution is 2.29. The summed E-state index contributed by atoms with van der Waals surface area (Å²) < 4.78 is 2.25. The van der Waals surface area contributed by atoms with E-state index in [-0.39, 0.29) is 0 Å². The first-order chi connectivity index (χ1) is 12.2. The van der Waals surface area contributed by atoms with E-state index >= 15 is 0 Å². The molecule has 0 amide bonds. The van der Waals surface area contributed by atoms with Crippen LogP contribution < -0.4 is 4.90 Å². The lowest BCUT2D eigenvalue weighted by molar-refractivity contribution is 0.473. The van der Waals surface area contributed by atoms with Crippen molar-refractivity contribution in [3.63, 3.8) is 0 Å². The highest BCUT2D eigenvalue weighted by atomic mass is 32.1. The molecule has 0 radical (unpaired) electrons. The summed E-state index contributed by atoms with van der Waals surface area (Å²) in [6, 6.07) is 4.32. The van der Waals surface area contributed by atoms with E-state index in [1.165, 1.54) is 24.2 Å². The van der Waals surface area contributed by atoms with Crippen LogP contribution in [0.5, 0.6) is 0 Å². The largest absolute Gasteiger partial charge is 0.356 e. The second-order valence-corrected chi connectivity index (χ2v) is 7.54. The van der Waals surface area contributed by atoms with Gasteiger partial charge in [0.25, 0.3) is 0 Å². The fourth-order valence-corrected chi connectivity index (χ4v) is 4.23. The minimum absolute atomic E-state index is 0.435. The average molecular weight is 353 g/mol. The lowest BCUT2D eigenvalue weighted by Crippen LogP contribution is -2.36. The summed E-state index contributed by atoms with van der Waals surface area (Å²) in [5.74, 6) is 2.70. The maximum absolute atomic E-state index is 4.75. The summed E-state index contributed by atoms with van der Waals surface area (Å²) in [5, 5.41) is 2.11. The molecular formula is C19H23N5S. The van der Waals surface area contributed by atoms with Crippen LogP contribution in [0.25, 0.3) is 0 Å². The number of imidazole rings is 1. The van der Waals surface area contributed by atoms with E-state index < -0.39 is 0 Å². The Morgan fingerprint density at radius 3 is 2.96 bits per heavy atom. The van der Waals surface area contributed by atoms with Gasteiger partial charge in [-0.05, 0) is 44.4 Å². The van der Waals surface area contributed by atoms with Crippen LogP contribution in [0.15, 0.2) is 35.4 Å². The first-order valence-electron chi connectivity index (χ1n) is 8.77. The summed E-state index contributed by atoms with van der Waals surface area (Å²) in [5.41, 5.74) is 5.35. The maximum atomic E-state index is 4.75. The van der Waals surface area contributed by atoms with Gasteiger partial charge in [-0.3, -0.25) is 0 Å². The predicted octanol–water partition coefficient (Wildman–Crippen LogP) is 3.78. The number of aryl methyl sites for hydroxylation is 2. The van der Waals surface area contributed by atoms with Crippen molar-refractivity contribution in [1.29, 1.82) is 0 Å². The number of anilines is 1. The monoisotopic (exact) mass is 353 g/mol. The van der Waals surface area contributed by atoms with E-state index in [9.17, 15) is 0 Å². The molecule has 3 aromatic heterocycles. The molecule has 1 aliphatic rings. The fraction of sp³-hybridized carbons (Fsp3) is 0.421. The topological polar surface area (TPSA) is 46.8 Å². The van der Waals surface area contributed by atoms with E-state index in [2.05, 4.69) is 57.0 Å². The second-order valence-electron chi connectivity index (χ2n) is 6.82. The number of nitrogens with zero attached hydrogens (tertiary/aromatic N) is 5. The van der Waals surface area contributed by atoms with Crippen LogP contribution in [-0.2, 0) is 6.54 Å². The van der Waals surface area contributed by atoms with E-state index in [1.54, 1.807) is 11.3 Å². The standard InChI is InChI=1S/C19H23N5S/c1-14-8-15(2)22-18(9-14)23-6-3-4-16(10-23)19-20-5-7-24(19)11-17-12-25-13-21-17/h5,7-9,12-13,16H,3-4,6,10-11H2,1-2H3. The summed E-state index contributed by atoms with van der Waals surface area (Å²) in [6.45, 7) is 7.05. The first-order valence-corrected chi connectivity index (χ1v) is 9.71. The first kappa shape index (κ1) is 16.3. The van der Waals surface area contributed by atoms with Crippen molar-refractivity contribution >= 4 is 17.2 Å². The second kappa shape index (κ2) is 6.96. The van der Waals surface area contributed by atoms with E-state index in [4.69, 9.17) is 4.98 Å². The number of aromatic nitrogens is 4. The van der Waals surface area contributed by atoms with Crippen LogP contribution in [0.1, 0.15) is 41.5 Å². The Kier molecular flexibility index (Phi) is 4.53. The molecule has 5 nitrogen and oxygen atoms in total. The molecule has 0 aliphatic carbocycles. The molecule has 1 unspecified atom stereocenters. The van der Waals surface area contributed by atoms with Crippen LogP contribution in [0.3, 0.4) is 0 Å². The zero-order valence-corrected chi connectivity index (χ0v) is 15.5. The van der Waals surface area contributed by atoms with Crippen molar-refractivity contribution < 1.29 is 0 Å². The van der Waals surface area contributed by atoms with Crippen molar-refractivity contribution in [2.75, 3.05) is 18.0 Å². The van der Waals surface area contributed by atoms with Crippen molar-refractivity contribution in [1.82, 2.24) is 19.5 Å². The molecule has 4 heterocycles. The molecule has 1 atom stereocenters. The van der Waals surface area contributed by atoms with Crippen LogP contribution in [0.4, 0.5) is 5.82 Å². The molecule has 130 valence electrons. The SMILES string of the molecule is Cc1cc(C)nc(N2CCCC(c3nccn3Cc3cscn3)C2)c1. The van der Waals surface area contributed by atoms with Gasteiger partial charge >= 0.3 is 0 Å². The van der Waals surface area contributed by atoms with Gasteiger partial charge in [0.05, 0.1) is 17.7 Å². The van der Waals surface area contributed by atoms with Gasteiger partial charge in [0.2, 0.25) is 0 Å². The quantitative estimate of drug-likeness (QED) is 0.716. The van der Waals surface area contributed by atoms with Gasteiger partial charge in [0.15, 0.2) is 0 Å². The lowest BCUT2D eigenvalue weighted by Gasteiger charge is -2.33. The van der Waals surface area contributed by atoms with E-state index in [0.29, 0.717) is 5.92 Å². The number of hydrogen-bond donors (Lipinski definition) is 0. The third-order valence-electron chi connectivity index (χ3n) is 4.76. The Balaban J connectivity index is 1.55. The molecule has 0 bridgehead atoms. The average Bonchev–Trinajstić information content (AvgIpc) is 3.26. The van der Waals surface area contributed by atoms with Crippen molar-refractivity contribution in [2.45, 2.75) is 39.2 Å². The molecule has 3 aromatic rings. The van der Waals surface area contributed by atoms with Crippen LogP contribution in [0, 0.1) is 13.8 Å². The van der Waals surface area contributed by atoms with Crippen LogP contribution >= 0.6 is 11.3 Å². The molecule has 1 fully saturated rings. The van der Waals surface area contributed by atoms with Crippen LogP contribution in [0.2, 0.25) is 0 Å². The number of piperidine rings is 1. The highest BCUT2D eigenvalue weighted by Gasteiger charge is 2.25. The molecule has 0 N–H and O–H groups in total. The summed E-state index contributed by atoms with van der Waals surface area (Å²) in [6.07, 6.45) is 6.33. The number of pyridine rings is 1. The molecule has 0 saturated carbocycles. The fourth-order valence-electron chi connectivity index (χ4n) is 3.68. The minimum atomic E-state index is 0.435. The molecular weight excluding hydrogens is 330 g/mol. The van der Waals surface area contributed by atoms with Crippen molar-refractivity contribution in [3.05, 3.63) is 58.2 Å². The molecule has 0 aromatic carbocycles.